The molecule has 0 amide bonds. The Morgan fingerprint density at radius 2 is 2.30 bits per heavy atom. The van der Waals surface area contributed by atoms with Crippen LogP contribution in [0, 0.1) is 21.4 Å². The van der Waals surface area contributed by atoms with Crippen LogP contribution >= 0.6 is 0 Å². The van der Waals surface area contributed by atoms with Crippen molar-refractivity contribution in [1.29, 1.82) is 5.26 Å². The van der Waals surface area contributed by atoms with Gasteiger partial charge < -0.3 is 9.80 Å². The van der Waals surface area contributed by atoms with E-state index in [1.807, 2.05) is 20.2 Å². The molecule has 0 aromatic heterocycles. The van der Waals surface area contributed by atoms with E-state index in [1.165, 1.54) is 6.07 Å². The number of rotatable bonds is 4. The number of hydrogen-bond donors (Lipinski definition) is 0. The standard InChI is InChI=1S/C14H18N4O2/c1-16(2)10-13-4-3-7-17(13)12-6-5-11(9-15)14(8-12)18(19)20/h5-6,8,13H,3-4,7,10H2,1-2H3. The first-order chi connectivity index (χ1) is 9.52. The molecule has 0 N–H and O–H groups in total. The maximum atomic E-state index is 11.0. The molecule has 106 valence electrons. The van der Waals surface area contributed by atoms with Gasteiger partial charge in [-0.25, -0.2) is 0 Å². The van der Waals surface area contributed by atoms with Gasteiger partial charge in [0.25, 0.3) is 5.69 Å². The number of nitro groups is 1. The molecule has 1 aliphatic heterocycles. The molecule has 1 aromatic carbocycles. The Balaban J connectivity index is 2.31. The minimum Gasteiger partial charge on any atom is -0.367 e. The molecule has 1 fully saturated rings. The zero-order valence-electron chi connectivity index (χ0n) is 11.7. The number of benzene rings is 1. The van der Waals surface area contributed by atoms with Gasteiger partial charge in [0.1, 0.15) is 11.6 Å². The van der Waals surface area contributed by atoms with Crippen LogP contribution in [0.5, 0.6) is 0 Å². The van der Waals surface area contributed by atoms with Crippen LogP contribution in [0.2, 0.25) is 0 Å². The lowest BCUT2D eigenvalue weighted by Gasteiger charge is -2.29. The van der Waals surface area contributed by atoms with Crippen LogP contribution < -0.4 is 4.90 Å². The molecule has 0 aliphatic carbocycles. The van der Waals surface area contributed by atoms with E-state index >= 15 is 0 Å². The van der Waals surface area contributed by atoms with Crippen molar-refractivity contribution in [3.8, 4) is 6.07 Å². The third-order valence-corrected chi connectivity index (χ3v) is 3.58. The second-order valence-electron chi connectivity index (χ2n) is 5.32. The first-order valence-corrected chi connectivity index (χ1v) is 6.63. The molecule has 1 saturated heterocycles. The summed E-state index contributed by atoms with van der Waals surface area (Å²) >= 11 is 0. The fourth-order valence-electron chi connectivity index (χ4n) is 2.73. The molecular weight excluding hydrogens is 256 g/mol. The largest absolute Gasteiger partial charge is 0.367 e. The van der Waals surface area contributed by atoms with Crippen molar-refractivity contribution in [2.24, 2.45) is 0 Å². The Labute approximate surface area is 118 Å². The quantitative estimate of drug-likeness (QED) is 0.620. The highest BCUT2D eigenvalue weighted by Gasteiger charge is 2.27. The number of hydrogen-bond acceptors (Lipinski definition) is 5. The Hall–Kier alpha value is -2.13. The Bertz CT molecular complexity index is 551. The summed E-state index contributed by atoms with van der Waals surface area (Å²) in [4.78, 5) is 14.9. The molecule has 0 saturated carbocycles. The number of likely N-dealkylation sites (N-methyl/N-ethyl adjacent to an activating group) is 1. The highest BCUT2D eigenvalue weighted by Crippen LogP contribution is 2.30. The SMILES string of the molecule is CN(C)CC1CCCN1c1ccc(C#N)c([N+](=O)[O-])c1. The minimum absolute atomic E-state index is 0.111. The molecule has 0 bridgehead atoms. The van der Waals surface area contributed by atoms with Crippen LogP contribution in [0.15, 0.2) is 18.2 Å². The number of nitriles is 1. The van der Waals surface area contributed by atoms with Crippen molar-refractivity contribution in [1.82, 2.24) is 4.90 Å². The smallest absolute Gasteiger partial charge is 0.289 e. The Morgan fingerprint density at radius 3 is 2.90 bits per heavy atom. The van der Waals surface area contributed by atoms with Gasteiger partial charge in [0.2, 0.25) is 0 Å². The molecule has 6 nitrogen and oxygen atoms in total. The summed E-state index contributed by atoms with van der Waals surface area (Å²) in [5, 5.41) is 20.0. The van der Waals surface area contributed by atoms with Crippen molar-refractivity contribution in [3.05, 3.63) is 33.9 Å². The average molecular weight is 274 g/mol. The van der Waals surface area contributed by atoms with Crippen LogP contribution in [-0.4, -0.2) is 43.0 Å². The predicted octanol–water partition coefficient (Wildman–Crippen LogP) is 2.00. The molecule has 20 heavy (non-hydrogen) atoms. The topological polar surface area (TPSA) is 73.4 Å². The number of nitrogens with zero attached hydrogens (tertiary/aromatic N) is 4. The van der Waals surface area contributed by atoms with Gasteiger partial charge in [0.15, 0.2) is 0 Å². The number of anilines is 1. The van der Waals surface area contributed by atoms with Gasteiger partial charge in [-0.1, -0.05) is 0 Å². The normalized spacial score (nSPS) is 18.3. The highest BCUT2D eigenvalue weighted by molar-refractivity contribution is 5.61. The molecule has 6 heteroatoms. The van der Waals surface area contributed by atoms with Crippen LogP contribution in [0.25, 0.3) is 0 Å². The van der Waals surface area contributed by atoms with Gasteiger partial charge in [-0.2, -0.15) is 5.26 Å². The van der Waals surface area contributed by atoms with Gasteiger partial charge in [-0.3, -0.25) is 10.1 Å². The van der Waals surface area contributed by atoms with Gasteiger partial charge in [-0.05, 0) is 39.1 Å². The second-order valence-corrected chi connectivity index (χ2v) is 5.32. The lowest BCUT2D eigenvalue weighted by Crippen LogP contribution is -2.37. The van der Waals surface area contributed by atoms with E-state index in [-0.39, 0.29) is 11.3 Å². The molecule has 2 rings (SSSR count). The average Bonchev–Trinajstić information content (AvgIpc) is 2.85. The molecule has 0 radical (unpaired) electrons. The first-order valence-electron chi connectivity index (χ1n) is 6.63. The summed E-state index contributed by atoms with van der Waals surface area (Å²) in [5.74, 6) is 0. The van der Waals surface area contributed by atoms with Gasteiger partial charge in [0, 0.05) is 30.9 Å². The van der Waals surface area contributed by atoms with Gasteiger partial charge in [-0.15, -0.1) is 0 Å². The van der Waals surface area contributed by atoms with Crippen molar-refractivity contribution in [2.45, 2.75) is 18.9 Å². The van der Waals surface area contributed by atoms with E-state index in [0.29, 0.717) is 6.04 Å². The van der Waals surface area contributed by atoms with E-state index in [0.717, 1.165) is 31.6 Å². The lowest BCUT2D eigenvalue weighted by atomic mass is 10.1. The second kappa shape index (κ2) is 5.88. The summed E-state index contributed by atoms with van der Waals surface area (Å²) in [6, 6.07) is 7.11. The van der Waals surface area contributed by atoms with Crippen molar-refractivity contribution in [2.75, 3.05) is 32.1 Å². The molecule has 1 heterocycles. The maximum Gasteiger partial charge on any atom is 0.289 e. The number of nitro benzene ring substituents is 1. The summed E-state index contributed by atoms with van der Waals surface area (Å²) < 4.78 is 0. The van der Waals surface area contributed by atoms with E-state index in [1.54, 1.807) is 12.1 Å². The molecular formula is C14H18N4O2. The first kappa shape index (κ1) is 14.3. The third kappa shape index (κ3) is 2.89. The summed E-state index contributed by atoms with van der Waals surface area (Å²) in [5.41, 5.74) is 0.836. The Morgan fingerprint density at radius 1 is 1.55 bits per heavy atom. The van der Waals surface area contributed by atoms with Gasteiger partial charge >= 0.3 is 0 Å². The van der Waals surface area contributed by atoms with Crippen LogP contribution in [0.4, 0.5) is 11.4 Å². The highest BCUT2D eigenvalue weighted by atomic mass is 16.6. The Kier molecular flexibility index (Phi) is 4.20. The van der Waals surface area contributed by atoms with Crippen LogP contribution in [-0.2, 0) is 0 Å². The minimum atomic E-state index is -0.487. The summed E-state index contributed by atoms with van der Waals surface area (Å²) in [6.07, 6.45) is 2.18. The zero-order chi connectivity index (χ0) is 14.7. The predicted molar refractivity (Wildman–Crippen MR) is 76.7 cm³/mol. The molecule has 1 aromatic rings. The van der Waals surface area contributed by atoms with Crippen molar-refractivity contribution >= 4 is 11.4 Å². The fourth-order valence-corrected chi connectivity index (χ4v) is 2.73. The van der Waals surface area contributed by atoms with E-state index in [2.05, 4.69) is 9.80 Å². The third-order valence-electron chi connectivity index (χ3n) is 3.58. The monoisotopic (exact) mass is 274 g/mol. The van der Waals surface area contributed by atoms with E-state index in [4.69, 9.17) is 5.26 Å². The zero-order valence-corrected chi connectivity index (χ0v) is 11.7. The molecule has 1 unspecified atom stereocenters. The summed E-state index contributed by atoms with van der Waals surface area (Å²) in [6.45, 7) is 1.83. The molecule has 1 atom stereocenters. The maximum absolute atomic E-state index is 11.0. The van der Waals surface area contributed by atoms with Crippen molar-refractivity contribution < 1.29 is 4.92 Å². The lowest BCUT2D eigenvalue weighted by molar-refractivity contribution is -0.385. The molecule has 0 spiro atoms. The van der Waals surface area contributed by atoms with Crippen molar-refractivity contribution in [3.63, 3.8) is 0 Å². The van der Waals surface area contributed by atoms with Crippen LogP contribution in [0.3, 0.4) is 0 Å². The fraction of sp³-hybridized carbons (Fsp3) is 0.500. The van der Waals surface area contributed by atoms with E-state index < -0.39 is 4.92 Å². The van der Waals surface area contributed by atoms with Gasteiger partial charge in [0.05, 0.1) is 4.92 Å². The van der Waals surface area contributed by atoms with Crippen LogP contribution in [0.1, 0.15) is 18.4 Å². The summed E-state index contributed by atoms with van der Waals surface area (Å²) in [7, 11) is 4.05. The van der Waals surface area contributed by atoms with E-state index in [9.17, 15) is 10.1 Å². The molecule has 1 aliphatic rings.